The highest BCUT2D eigenvalue weighted by atomic mass is 16.6. The van der Waals surface area contributed by atoms with Crippen LogP contribution in [0.15, 0.2) is 35.3 Å². The summed E-state index contributed by atoms with van der Waals surface area (Å²) in [5.74, 6) is 0.370. The zero-order valence-electron chi connectivity index (χ0n) is 16.7. The van der Waals surface area contributed by atoms with Gasteiger partial charge in [-0.15, -0.1) is 4.99 Å². The zero-order valence-corrected chi connectivity index (χ0v) is 16.7. The highest BCUT2D eigenvalue weighted by molar-refractivity contribution is 5.86. The van der Waals surface area contributed by atoms with Gasteiger partial charge in [0.1, 0.15) is 6.61 Å². The van der Waals surface area contributed by atoms with Crippen LogP contribution in [0, 0.1) is 0 Å². The molecule has 0 aliphatic heterocycles. The maximum Gasteiger partial charge on any atom is 0.436 e. The van der Waals surface area contributed by atoms with E-state index in [1.165, 1.54) is 44.9 Å². The minimum atomic E-state index is -0.606. The van der Waals surface area contributed by atoms with Crippen LogP contribution in [0.25, 0.3) is 0 Å². The second-order valence-corrected chi connectivity index (χ2v) is 6.86. The van der Waals surface area contributed by atoms with Crippen molar-refractivity contribution in [2.24, 2.45) is 4.99 Å². The molecule has 1 rings (SSSR count). The van der Waals surface area contributed by atoms with Gasteiger partial charge in [-0.05, 0) is 25.3 Å². The number of rotatable bonds is 12. The molecule has 1 aromatic rings. The Morgan fingerprint density at radius 2 is 1.62 bits per heavy atom. The number of aliphatic imine (C=N–C) groups is 1. The number of hydrogen-bond donors (Lipinski definition) is 0. The van der Waals surface area contributed by atoms with E-state index in [1.807, 2.05) is 37.3 Å². The number of ether oxygens (including phenoxy) is 2. The molecule has 0 aromatic heterocycles. The SMILES string of the molecule is CCCCCCCCCCC(C)OC(C)=NC(=O)OCc1ccccc1. The topological polar surface area (TPSA) is 47.9 Å². The Kier molecular flexibility index (Phi) is 12.2. The summed E-state index contributed by atoms with van der Waals surface area (Å²) >= 11 is 0. The molecule has 0 aliphatic carbocycles. The van der Waals surface area contributed by atoms with Crippen molar-refractivity contribution in [1.82, 2.24) is 0 Å². The molecule has 0 fully saturated rings. The molecule has 0 radical (unpaired) electrons. The standard InChI is InChI=1S/C22H35NO3/c1-4-5-6-7-8-9-10-12-15-19(2)26-20(3)23-22(24)25-18-21-16-13-11-14-17-21/h11,13-14,16-17,19H,4-10,12,15,18H2,1-3H3. The fourth-order valence-corrected chi connectivity index (χ4v) is 2.82. The molecule has 1 atom stereocenters. The van der Waals surface area contributed by atoms with Gasteiger partial charge < -0.3 is 9.47 Å². The van der Waals surface area contributed by atoms with Crippen molar-refractivity contribution in [2.45, 2.75) is 91.3 Å². The molecule has 0 aliphatic rings. The average Bonchev–Trinajstić information content (AvgIpc) is 2.63. The fraction of sp³-hybridized carbons (Fsp3) is 0.636. The Balaban J connectivity index is 2.11. The summed E-state index contributed by atoms with van der Waals surface area (Å²) in [6.45, 7) is 6.20. The van der Waals surface area contributed by atoms with Crippen LogP contribution in [-0.4, -0.2) is 18.1 Å². The molecule has 0 saturated carbocycles. The Hall–Kier alpha value is -1.84. The lowest BCUT2D eigenvalue weighted by Crippen LogP contribution is -2.14. The summed E-state index contributed by atoms with van der Waals surface area (Å²) < 4.78 is 10.8. The maximum absolute atomic E-state index is 11.7. The number of hydrogen-bond acceptors (Lipinski definition) is 3. The average molecular weight is 362 g/mol. The fourth-order valence-electron chi connectivity index (χ4n) is 2.82. The van der Waals surface area contributed by atoms with Crippen molar-refractivity contribution in [2.75, 3.05) is 0 Å². The molecule has 0 saturated heterocycles. The van der Waals surface area contributed by atoms with E-state index in [-0.39, 0.29) is 12.7 Å². The second-order valence-electron chi connectivity index (χ2n) is 6.86. The smallest absolute Gasteiger partial charge is 0.436 e. The first-order chi connectivity index (χ1) is 12.6. The minimum Gasteiger partial charge on any atom is -0.478 e. The Morgan fingerprint density at radius 3 is 2.27 bits per heavy atom. The zero-order chi connectivity index (χ0) is 19.0. The first kappa shape index (κ1) is 22.2. The molecule has 0 heterocycles. The summed E-state index contributed by atoms with van der Waals surface area (Å²) in [5.41, 5.74) is 0.942. The Morgan fingerprint density at radius 1 is 1.00 bits per heavy atom. The Bertz CT molecular complexity index is 513. The molecule has 0 spiro atoms. The van der Waals surface area contributed by atoms with Gasteiger partial charge in [-0.3, -0.25) is 0 Å². The lowest BCUT2D eigenvalue weighted by atomic mass is 10.1. The van der Waals surface area contributed by atoms with Crippen molar-refractivity contribution < 1.29 is 14.3 Å². The van der Waals surface area contributed by atoms with Gasteiger partial charge in [0.2, 0.25) is 0 Å². The molecule has 1 unspecified atom stereocenters. The van der Waals surface area contributed by atoms with Crippen LogP contribution in [-0.2, 0) is 16.1 Å². The molecule has 26 heavy (non-hydrogen) atoms. The summed E-state index contributed by atoms with van der Waals surface area (Å²) in [7, 11) is 0. The molecular weight excluding hydrogens is 326 g/mol. The number of carbonyl (C=O) groups is 1. The van der Waals surface area contributed by atoms with Gasteiger partial charge in [-0.2, -0.15) is 0 Å². The van der Waals surface area contributed by atoms with E-state index in [4.69, 9.17) is 9.47 Å². The van der Waals surface area contributed by atoms with Crippen LogP contribution in [0.3, 0.4) is 0 Å². The monoisotopic (exact) mass is 361 g/mol. The van der Waals surface area contributed by atoms with Crippen LogP contribution < -0.4 is 0 Å². The van der Waals surface area contributed by atoms with Crippen LogP contribution in [0.1, 0.15) is 84.1 Å². The van der Waals surface area contributed by atoms with E-state index in [0.29, 0.717) is 5.90 Å². The molecule has 0 N–H and O–H groups in total. The highest BCUT2D eigenvalue weighted by Crippen LogP contribution is 2.12. The summed E-state index contributed by atoms with van der Waals surface area (Å²) in [4.78, 5) is 15.6. The number of benzene rings is 1. The van der Waals surface area contributed by atoms with E-state index in [2.05, 4.69) is 11.9 Å². The van der Waals surface area contributed by atoms with E-state index in [1.54, 1.807) is 6.92 Å². The van der Waals surface area contributed by atoms with Gasteiger partial charge in [-0.1, -0.05) is 82.2 Å². The second kappa shape index (κ2) is 14.3. The van der Waals surface area contributed by atoms with Gasteiger partial charge in [0.25, 0.3) is 0 Å². The third-order valence-corrected chi connectivity index (χ3v) is 4.29. The number of carbonyl (C=O) groups excluding carboxylic acids is 1. The molecule has 0 bridgehead atoms. The summed E-state index contributed by atoms with van der Waals surface area (Å²) in [6.07, 6.45) is 10.9. The predicted octanol–water partition coefficient (Wildman–Crippen LogP) is 6.68. The number of nitrogens with zero attached hydrogens (tertiary/aromatic N) is 1. The number of unbranched alkanes of at least 4 members (excludes halogenated alkanes) is 7. The highest BCUT2D eigenvalue weighted by Gasteiger charge is 2.07. The van der Waals surface area contributed by atoms with E-state index >= 15 is 0 Å². The molecule has 4 nitrogen and oxygen atoms in total. The third-order valence-electron chi connectivity index (χ3n) is 4.29. The minimum absolute atomic E-state index is 0.0702. The van der Waals surface area contributed by atoms with Crippen molar-refractivity contribution in [3.05, 3.63) is 35.9 Å². The largest absolute Gasteiger partial charge is 0.478 e. The van der Waals surface area contributed by atoms with Crippen LogP contribution in [0.2, 0.25) is 0 Å². The number of amides is 1. The summed E-state index contributed by atoms with van der Waals surface area (Å²) in [6, 6.07) is 9.56. The van der Waals surface area contributed by atoms with Gasteiger partial charge in [-0.25, -0.2) is 4.79 Å². The normalized spacial score (nSPS) is 12.7. The first-order valence-electron chi connectivity index (χ1n) is 10.0. The van der Waals surface area contributed by atoms with Crippen LogP contribution >= 0.6 is 0 Å². The quantitative estimate of drug-likeness (QED) is 0.237. The van der Waals surface area contributed by atoms with E-state index < -0.39 is 6.09 Å². The third kappa shape index (κ3) is 11.7. The molecule has 1 amide bonds. The van der Waals surface area contributed by atoms with Crippen molar-refractivity contribution in [3.63, 3.8) is 0 Å². The lowest BCUT2D eigenvalue weighted by molar-refractivity contribution is 0.147. The maximum atomic E-state index is 11.7. The van der Waals surface area contributed by atoms with Crippen LogP contribution in [0.5, 0.6) is 0 Å². The van der Waals surface area contributed by atoms with Gasteiger partial charge in [0.05, 0.1) is 6.10 Å². The van der Waals surface area contributed by atoms with Gasteiger partial charge >= 0.3 is 6.09 Å². The first-order valence-corrected chi connectivity index (χ1v) is 10.0. The lowest BCUT2D eigenvalue weighted by Gasteiger charge is -2.13. The van der Waals surface area contributed by atoms with Crippen molar-refractivity contribution in [1.29, 1.82) is 0 Å². The molecule has 1 aromatic carbocycles. The Labute approximate surface area is 159 Å². The molecule has 146 valence electrons. The summed E-state index contributed by atoms with van der Waals surface area (Å²) in [5, 5.41) is 0. The van der Waals surface area contributed by atoms with Crippen LogP contribution in [0.4, 0.5) is 4.79 Å². The van der Waals surface area contributed by atoms with E-state index in [0.717, 1.165) is 18.4 Å². The predicted molar refractivity (Wildman–Crippen MR) is 108 cm³/mol. The van der Waals surface area contributed by atoms with Crippen molar-refractivity contribution >= 4 is 12.0 Å². The van der Waals surface area contributed by atoms with Gasteiger partial charge in [0.15, 0.2) is 5.90 Å². The van der Waals surface area contributed by atoms with Gasteiger partial charge in [0, 0.05) is 6.92 Å². The molecular formula is C22H35NO3. The van der Waals surface area contributed by atoms with Crippen molar-refractivity contribution in [3.8, 4) is 0 Å². The van der Waals surface area contributed by atoms with E-state index in [9.17, 15) is 4.79 Å². The molecule has 4 heteroatoms.